The van der Waals surface area contributed by atoms with Crippen molar-refractivity contribution in [3.05, 3.63) is 33.8 Å². The Balaban J connectivity index is 0.00000182. The first-order valence-electron chi connectivity index (χ1n) is 9.02. The second-order valence-corrected chi connectivity index (χ2v) is 8.67. The molecule has 0 heterocycles. The number of amides is 1. The molecule has 6 heteroatoms. The minimum Gasteiger partial charge on any atom is -0.352 e. The van der Waals surface area contributed by atoms with Gasteiger partial charge in [0.1, 0.15) is 0 Å². The third kappa shape index (κ3) is 3.41. The molecule has 0 aliphatic heterocycles. The van der Waals surface area contributed by atoms with Crippen molar-refractivity contribution in [3.8, 4) is 0 Å². The molecule has 2 bridgehead atoms. The molecule has 0 aromatic heterocycles. The first-order chi connectivity index (χ1) is 11.5. The molecule has 3 N–H and O–H groups in total. The number of hydrogen-bond donors (Lipinski definition) is 2. The monoisotopic (exact) mass is 402 g/mol. The van der Waals surface area contributed by atoms with E-state index in [0.717, 1.165) is 31.2 Å². The van der Waals surface area contributed by atoms with E-state index in [-0.39, 0.29) is 24.4 Å². The SMILES string of the molecule is Cl.NC1CC2CCCC(C1)C2NC(=O)C1(c2c(Cl)cccc2Cl)CC1. The van der Waals surface area contributed by atoms with Crippen LogP contribution in [0.2, 0.25) is 10.0 Å². The van der Waals surface area contributed by atoms with E-state index in [9.17, 15) is 4.79 Å². The molecule has 0 spiro atoms. The number of hydrogen-bond acceptors (Lipinski definition) is 2. The summed E-state index contributed by atoms with van der Waals surface area (Å²) in [7, 11) is 0. The largest absolute Gasteiger partial charge is 0.352 e. The van der Waals surface area contributed by atoms with E-state index in [0.29, 0.717) is 27.9 Å². The Labute approximate surface area is 165 Å². The molecule has 3 fully saturated rings. The second kappa shape index (κ2) is 7.26. The van der Waals surface area contributed by atoms with Crippen LogP contribution in [0.1, 0.15) is 50.5 Å². The molecule has 4 rings (SSSR count). The van der Waals surface area contributed by atoms with Gasteiger partial charge in [0, 0.05) is 27.7 Å². The van der Waals surface area contributed by atoms with Gasteiger partial charge in [0.25, 0.3) is 0 Å². The van der Waals surface area contributed by atoms with Crippen molar-refractivity contribution in [1.82, 2.24) is 5.32 Å². The van der Waals surface area contributed by atoms with Gasteiger partial charge in [-0.2, -0.15) is 0 Å². The fraction of sp³-hybridized carbons (Fsp3) is 0.632. The summed E-state index contributed by atoms with van der Waals surface area (Å²) in [6, 6.07) is 6.04. The number of halogens is 3. The highest BCUT2D eigenvalue weighted by molar-refractivity contribution is 6.36. The normalized spacial score (nSPS) is 32.4. The lowest BCUT2D eigenvalue weighted by atomic mass is 9.67. The summed E-state index contributed by atoms with van der Waals surface area (Å²) in [5, 5.41) is 4.58. The van der Waals surface area contributed by atoms with Crippen LogP contribution in [-0.4, -0.2) is 18.0 Å². The quantitative estimate of drug-likeness (QED) is 0.782. The van der Waals surface area contributed by atoms with Crippen molar-refractivity contribution in [2.24, 2.45) is 17.6 Å². The molecule has 1 amide bonds. The summed E-state index contributed by atoms with van der Waals surface area (Å²) >= 11 is 12.7. The molecule has 1 aromatic rings. The van der Waals surface area contributed by atoms with Crippen LogP contribution in [0, 0.1) is 11.8 Å². The molecule has 3 aliphatic carbocycles. The van der Waals surface area contributed by atoms with Gasteiger partial charge < -0.3 is 11.1 Å². The molecule has 2 unspecified atom stereocenters. The van der Waals surface area contributed by atoms with Crippen LogP contribution in [0.15, 0.2) is 18.2 Å². The van der Waals surface area contributed by atoms with Crippen LogP contribution in [0.3, 0.4) is 0 Å². The molecule has 0 saturated heterocycles. The third-order valence-electron chi connectivity index (χ3n) is 6.30. The van der Waals surface area contributed by atoms with Gasteiger partial charge in [-0.25, -0.2) is 0 Å². The van der Waals surface area contributed by atoms with Crippen LogP contribution in [0.4, 0.5) is 0 Å². The van der Waals surface area contributed by atoms with Crippen LogP contribution in [0.25, 0.3) is 0 Å². The molecule has 3 saturated carbocycles. The maximum Gasteiger partial charge on any atom is 0.231 e. The molecule has 138 valence electrons. The van der Waals surface area contributed by atoms with Crippen LogP contribution in [0.5, 0.6) is 0 Å². The van der Waals surface area contributed by atoms with E-state index in [4.69, 9.17) is 28.9 Å². The summed E-state index contributed by atoms with van der Waals surface area (Å²) in [6.45, 7) is 0. The zero-order chi connectivity index (χ0) is 16.9. The summed E-state index contributed by atoms with van der Waals surface area (Å²) in [4.78, 5) is 13.2. The van der Waals surface area contributed by atoms with Crippen LogP contribution < -0.4 is 11.1 Å². The highest BCUT2D eigenvalue weighted by Crippen LogP contribution is 2.53. The first kappa shape index (κ1) is 19.3. The number of nitrogens with two attached hydrogens (primary N) is 1. The Bertz CT molecular complexity index is 628. The highest BCUT2D eigenvalue weighted by Gasteiger charge is 2.54. The Hall–Kier alpha value is -0.480. The number of carbonyl (C=O) groups is 1. The zero-order valence-corrected chi connectivity index (χ0v) is 16.5. The minimum absolute atomic E-state index is 0. The highest BCUT2D eigenvalue weighted by atomic mass is 35.5. The summed E-state index contributed by atoms with van der Waals surface area (Å²) in [5.41, 5.74) is 6.48. The van der Waals surface area contributed by atoms with E-state index in [1.807, 2.05) is 18.2 Å². The standard InChI is InChI=1S/C19H24Cl2N2O.ClH/c20-14-5-2-6-15(21)16(14)19(7-8-19)18(24)23-17-11-3-1-4-12(17)10-13(22)9-11;/h2,5-6,11-13,17H,1,3-4,7-10,22H2,(H,23,24);1H. The number of carbonyl (C=O) groups excluding carboxylic acids is 1. The molecule has 2 atom stereocenters. The summed E-state index contributed by atoms with van der Waals surface area (Å²) < 4.78 is 0. The van der Waals surface area contributed by atoms with Crippen molar-refractivity contribution in [2.75, 3.05) is 0 Å². The predicted octanol–water partition coefficient (Wildman–Crippen LogP) is 4.47. The van der Waals surface area contributed by atoms with E-state index < -0.39 is 5.41 Å². The van der Waals surface area contributed by atoms with Crippen molar-refractivity contribution < 1.29 is 4.79 Å². The van der Waals surface area contributed by atoms with Gasteiger partial charge in [-0.3, -0.25) is 4.79 Å². The fourth-order valence-corrected chi connectivity index (χ4v) is 5.74. The van der Waals surface area contributed by atoms with Gasteiger partial charge in [-0.15, -0.1) is 12.4 Å². The number of nitrogens with one attached hydrogen (secondary N) is 1. The van der Waals surface area contributed by atoms with Gasteiger partial charge in [-0.1, -0.05) is 35.7 Å². The predicted molar refractivity (Wildman–Crippen MR) is 105 cm³/mol. The minimum atomic E-state index is -0.525. The van der Waals surface area contributed by atoms with Crippen molar-refractivity contribution in [1.29, 1.82) is 0 Å². The topological polar surface area (TPSA) is 55.1 Å². The Morgan fingerprint density at radius 2 is 1.68 bits per heavy atom. The first-order valence-corrected chi connectivity index (χ1v) is 9.78. The molecule has 1 aromatic carbocycles. The number of fused-ring (bicyclic) bond motifs is 2. The lowest BCUT2D eigenvalue weighted by molar-refractivity contribution is -0.126. The number of rotatable bonds is 3. The average Bonchev–Trinajstić information content (AvgIpc) is 3.29. The lowest BCUT2D eigenvalue weighted by Crippen LogP contribution is -2.55. The van der Waals surface area contributed by atoms with Crippen molar-refractivity contribution in [3.63, 3.8) is 0 Å². The van der Waals surface area contributed by atoms with Gasteiger partial charge >= 0.3 is 0 Å². The Morgan fingerprint density at radius 3 is 2.20 bits per heavy atom. The van der Waals surface area contributed by atoms with Crippen LogP contribution >= 0.6 is 35.6 Å². The van der Waals surface area contributed by atoms with E-state index in [1.54, 1.807) is 0 Å². The van der Waals surface area contributed by atoms with Gasteiger partial charge in [-0.05, 0) is 62.5 Å². The fourth-order valence-electron chi connectivity index (χ4n) is 4.98. The maximum atomic E-state index is 13.2. The van der Waals surface area contributed by atoms with E-state index in [1.165, 1.54) is 19.3 Å². The van der Waals surface area contributed by atoms with E-state index in [2.05, 4.69) is 5.32 Å². The van der Waals surface area contributed by atoms with E-state index >= 15 is 0 Å². The van der Waals surface area contributed by atoms with Gasteiger partial charge in [0.15, 0.2) is 0 Å². The third-order valence-corrected chi connectivity index (χ3v) is 6.93. The van der Waals surface area contributed by atoms with Gasteiger partial charge in [0.2, 0.25) is 5.91 Å². The average molecular weight is 404 g/mol. The molecular weight excluding hydrogens is 379 g/mol. The lowest BCUT2D eigenvalue weighted by Gasteiger charge is -2.45. The smallest absolute Gasteiger partial charge is 0.231 e. The summed E-state index contributed by atoms with van der Waals surface area (Å²) in [6.07, 6.45) is 7.32. The second-order valence-electron chi connectivity index (χ2n) is 7.86. The molecule has 0 radical (unpaired) electrons. The Kier molecular flexibility index (Phi) is 5.60. The molecular formula is C19H25Cl3N2O. The number of benzene rings is 1. The zero-order valence-electron chi connectivity index (χ0n) is 14.1. The van der Waals surface area contributed by atoms with Crippen LogP contribution in [-0.2, 0) is 10.2 Å². The van der Waals surface area contributed by atoms with Gasteiger partial charge in [0.05, 0.1) is 5.41 Å². The summed E-state index contributed by atoms with van der Waals surface area (Å²) in [5.74, 6) is 1.15. The molecule has 3 nitrogen and oxygen atoms in total. The van der Waals surface area contributed by atoms with Crippen molar-refractivity contribution >= 4 is 41.5 Å². The molecule has 25 heavy (non-hydrogen) atoms. The van der Waals surface area contributed by atoms with Crippen molar-refractivity contribution in [2.45, 2.75) is 62.4 Å². The Morgan fingerprint density at radius 1 is 1.12 bits per heavy atom. The molecule has 3 aliphatic rings. The maximum absolute atomic E-state index is 13.2.